The smallest absolute Gasteiger partial charge is 0.260 e. The van der Waals surface area contributed by atoms with Crippen LogP contribution in [0.4, 0.5) is 5.82 Å². The van der Waals surface area contributed by atoms with Crippen molar-refractivity contribution in [3.63, 3.8) is 0 Å². The number of amides is 1. The van der Waals surface area contributed by atoms with Crippen LogP contribution in [-0.4, -0.2) is 60.4 Å². The monoisotopic (exact) mass is 408 g/mol. The van der Waals surface area contributed by atoms with Gasteiger partial charge in [-0.25, -0.2) is 0 Å². The lowest BCUT2D eigenvalue weighted by atomic mass is 10.2. The molecule has 0 aliphatic carbocycles. The summed E-state index contributed by atoms with van der Waals surface area (Å²) >= 11 is 0. The fourth-order valence-electron chi connectivity index (χ4n) is 3.27. The summed E-state index contributed by atoms with van der Waals surface area (Å²) in [6.07, 6.45) is 1.61. The van der Waals surface area contributed by atoms with Gasteiger partial charge in [-0.15, -0.1) is 10.2 Å². The number of nitrogens with zero attached hydrogens (tertiary/aromatic N) is 4. The second-order valence-electron chi connectivity index (χ2n) is 6.82. The molecule has 2 aromatic heterocycles. The normalized spacial score (nSPS) is 13.9. The minimum atomic E-state index is -0.0252. The molecular formula is C22H24N4O4. The maximum Gasteiger partial charge on any atom is 0.260 e. The zero-order valence-corrected chi connectivity index (χ0v) is 16.9. The van der Waals surface area contributed by atoms with E-state index in [1.807, 2.05) is 48.2 Å². The molecule has 0 radical (unpaired) electrons. The van der Waals surface area contributed by atoms with Crippen LogP contribution >= 0.6 is 0 Å². The molecule has 0 spiro atoms. The van der Waals surface area contributed by atoms with Crippen molar-refractivity contribution >= 4 is 11.7 Å². The van der Waals surface area contributed by atoms with E-state index in [9.17, 15) is 4.79 Å². The van der Waals surface area contributed by atoms with Crippen molar-refractivity contribution in [3.05, 3.63) is 54.8 Å². The zero-order valence-electron chi connectivity index (χ0n) is 16.9. The van der Waals surface area contributed by atoms with Crippen LogP contribution in [0.3, 0.4) is 0 Å². The Morgan fingerprint density at radius 1 is 0.967 bits per heavy atom. The molecule has 156 valence electrons. The van der Waals surface area contributed by atoms with Crippen LogP contribution in [0, 0.1) is 0 Å². The average molecular weight is 408 g/mol. The molecule has 1 aromatic carbocycles. The van der Waals surface area contributed by atoms with Crippen LogP contribution in [0.2, 0.25) is 0 Å². The number of hydrogen-bond donors (Lipinski definition) is 0. The van der Waals surface area contributed by atoms with E-state index in [1.54, 1.807) is 18.4 Å². The highest BCUT2D eigenvalue weighted by atomic mass is 16.5. The molecule has 4 rings (SSSR count). The third-order valence-electron chi connectivity index (χ3n) is 4.88. The van der Waals surface area contributed by atoms with Gasteiger partial charge in [0, 0.05) is 26.2 Å². The van der Waals surface area contributed by atoms with E-state index in [4.69, 9.17) is 13.9 Å². The second-order valence-corrected chi connectivity index (χ2v) is 6.82. The van der Waals surface area contributed by atoms with E-state index in [0.29, 0.717) is 50.0 Å². The molecule has 3 heterocycles. The minimum Gasteiger partial charge on any atom is -0.494 e. The Bertz CT molecular complexity index is 934. The van der Waals surface area contributed by atoms with Gasteiger partial charge in [-0.05, 0) is 55.5 Å². The molecular weight excluding hydrogens is 384 g/mol. The van der Waals surface area contributed by atoms with Crippen LogP contribution in [0.1, 0.15) is 6.92 Å². The molecule has 1 amide bonds. The van der Waals surface area contributed by atoms with Crippen molar-refractivity contribution in [1.29, 1.82) is 0 Å². The first-order valence-corrected chi connectivity index (χ1v) is 9.99. The van der Waals surface area contributed by atoms with Crippen LogP contribution in [0.25, 0.3) is 11.5 Å². The van der Waals surface area contributed by atoms with Crippen LogP contribution in [-0.2, 0) is 4.79 Å². The number of carbonyl (C=O) groups is 1. The molecule has 3 aromatic rings. The highest BCUT2D eigenvalue weighted by Gasteiger charge is 2.22. The predicted octanol–water partition coefficient (Wildman–Crippen LogP) is 2.86. The summed E-state index contributed by atoms with van der Waals surface area (Å²) in [6, 6.07) is 14.8. The Labute approximate surface area is 175 Å². The third-order valence-corrected chi connectivity index (χ3v) is 4.88. The summed E-state index contributed by atoms with van der Waals surface area (Å²) in [5, 5.41) is 8.54. The van der Waals surface area contributed by atoms with Crippen molar-refractivity contribution in [3.8, 4) is 23.0 Å². The van der Waals surface area contributed by atoms with E-state index in [1.165, 1.54) is 0 Å². The summed E-state index contributed by atoms with van der Waals surface area (Å²) < 4.78 is 16.4. The molecule has 8 nitrogen and oxygen atoms in total. The molecule has 1 aliphatic heterocycles. The first-order valence-electron chi connectivity index (χ1n) is 9.99. The zero-order chi connectivity index (χ0) is 20.8. The van der Waals surface area contributed by atoms with Gasteiger partial charge < -0.3 is 23.7 Å². The summed E-state index contributed by atoms with van der Waals surface area (Å²) in [5.74, 6) is 2.90. The van der Waals surface area contributed by atoms with Crippen molar-refractivity contribution < 1.29 is 18.7 Å². The fraction of sp³-hybridized carbons (Fsp3) is 0.318. The van der Waals surface area contributed by atoms with Crippen molar-refractivity contribution in [2.75, 3.05) is 44.3 Å². The van der Waals surface area contributed by atoms with E-state index in [0.717, 1.165) is 11.6 Å². The molecule has 1 aliphatic rings. The van der Waals surface area contributed by atoms with Gasteiger partial charge in [0.2, 0.25) is 0 Å². The molecule has 8 heteroatoms. The van der Waals surface area contributed by atoms with E-state index in [2.05, 4.69) is 15.1 Å². The Balaban J connectivity index is 1.25. The van der Waals surface area contributed by atoms with Crippen LogP contribution in [0.15, 0.2) is 59.2 Å². The standard InChI is InChI=1S/C22H24N4O4/c1-2-28-17-5-7-18(8-6-17)30-16-22(27)26-13-11-25(12-14-26)21-10-9-19(23-24-21)20-4-3-15-29-20/h3-10,15H,2,11-14,16H2,1H3. The van der Waals surface area contributed by atoms with E-state index >= 15 is 0 Å². The molecule has 1 saturated heterocycles. The molecule has 0 atom stereocenters. The number of aromatic nitrogens is 2. The van der Waals surface area contributed by atoms with Gasteiger partial charge in [0.05, 0.1) is 12.9 Å². The van der Waals surface area contributed by atoms with Gasteiger partial charge in [-0.1, -0.05) is 0 Å². The maximum atomic E-state index is 12.5. The van der Waals surface area contributed by atoms with Crippen molar-refractivity contribution in [2.45, 2.75) is 6.92 Å². The van der Waals surface area contributed by atoms with Crippen molar-refractivity contribution in [2.24, 2.45) is 0 Å². The topological polar surface area (TPSA) is 80.9 Å². The lowest BCUT2D eigenvalue weighted by molar-refractivity contribution is -0.133. The number of furan rings is 1. The van der Waals surface area contributed by atoms with Gasteiger partial charge in [0.25, 0.3) is 5.91 Å². The van der Waals surface area contributed by atoms with Gasteiger partial charge in [-0.2, -0.15) is 0 Å². The highest BCUT2D eigenvalue weighted by Crippen LogP contribution is 2.20. The SMILES string of the molecule is CCOc1ccc(OCC(=O)N2CCN(c3ccc(-c4ccco4)nn3)CC2)cc1. The number of hydrogen-bond acceptors (Lipinski definition) is 7. The Morgan fingerprint density at radius 2 is 1.70 bits per heavy atom. The quantitative estimate of drug-likeness (QED) is 0.595. The van der Waals surface area contributed by atoms with Gasteiger partial charge >= 0.3 is 0 Å². The summed E-state index contributed by atoms with van der Waals surface area (Å²) in [7, 11) is 0. The Hall–Kier alpha value is -3.55. The van der Waals surface area contributed by atoms with Crippen LogP contribution in [0.5, 0.6) is 11.5 Å². The maximum absolute atomic E-state index is 12.5. The van der Waals surface area contributed by atoms with E-state index in [-0.39, 0.29) is 12.5 Å². The molecule has 1 fully saturated rings. The number of carbonyl (C=O) groups excluding carboxylic acids is 1. The lowest BCUT2D eigenvalue weighted by Crippen LogP contribution is -2.50. The average Bonchev–Trinajstić information content (AvgIpc) is 3.34. The first-order chi connectivity index (χ1) is 14.7. The third kappa shape index (κ3) is 4.71. The molecule has 0 bridgehead atoms. The minimum absolute atomic E-state index is 0.0195. The van der Waals surface area contributed by atoms with Gasteiger partial charge in [0.1, 0.15) is 17.2 Å². The van der Waals surface area contributed by atoms with Gasteiger partial charge in [0.15, 0.2) is 18.2 Å². The lowest BCUT2D eigenvalue weighted by Gasteiger charge is -2.35. The number of benzene rings is 1. The largest absolute Gasteiger partial charge is 0.494 e. The van der Waals surface area contributed by atoms with Gasteiger partial charge in [-0.3, -0.25) is 4.79 Å². The summed E-state index contributed by atoms with van der Waals surface area (Å²) in [6.45, 7) is 5.20. The number of rotatable bonds is 7. The predicted molar refractivity (Wildman–Crippen MR) is 112 cm³/mol. The number of piperazine rings is 1. The molecule has 0 unspecified atom stereocenters. The Morgan fingerprint density at radius 3 is 2.30 bits per heavy atom. The summed E-state index contributed by atoms with van der Waals surface area (Å²) in [5.41, 5.74) is 0.698. The van der Waals surface area contributed by atoms with Crippen molar-refractivity contribution in [1.82, 2.24) is 15.1 Å². The highest BCUT2D eigenvalue weighted by molar-refractivity contribution is 5.78. The Kier molecular flexibility index (Phi) is 6.12. The summed E-state index contributed by atoms with van der Waals surface area (Å²) in [4.78, 5) is 16.4. The number of anilines is 1. The first kappa shape index (κ1) is 19.8. The molecule has 30 heavy (non-hydrogen) atoms. The van der Waals surface area contributed by atoms with E-state index < -0.39 is 0 Å². The van der Waals surface area contributed by atoms with Crippen LogP contribution < -0.4 is 14.4 Å². The molecule has 0 N–H and O–H groups in total. The number of ether oxygens (including phenoxy) is 2. The second kappa shape index (κ2) is 9.30. The molecule has 0 saturated carbocycles. The fourth-order valence-corrected chi connectivity index (χ4v) is 3.27.